The van der Waals surface area contributed by atoms with Crippen LogP contribution in [0.4, 0.5) is 11.8 Å². The van der Waals surface area contributed by atoms with Gasteiger partial charge in [-0.3, -0.25) is 4.79 Å². The van der Waals surface area contributed by atoms with Crippen molar-refractivity contribution in [1.82, 2.24) is 14.9 Å². The molecule has 160 valence electrons. The van der Waals surface area contributed by atoms with E-state index in [2.05, 4.69) is 14.9 Å². The number of rotatable bonds is 6. The molecule has 30 heavy (non-hydrogen) atoms. The van der Waals surface area contributed by atoms with E-state index in [-0.39, 0.29) is 5.91 Å². The first-order valence-corrected chi connectivity index (χ1v) is 9.88. The van der Waals surface area contributed by atoms with Crippen molar-refractivity contribution >= 4 is 23.7 Å². The Labute approximate surface area is 177 Å². The van der Waals surface area contributed by atoms with Crippen LogP contribution < -0.4 is 19.3 Å². The molecule has 0 N–H and O–H groups in total. The molecule has 0 bridgehead atoms. The van der Waals surface area contributed by atoms with Crippen LogP contribution in [0.15, 0.2) is 30.3 Å². The molecule has 3 rings (SSSR count). The van der Waals surface area contributed by atoms with E-state index in [1.165, 1.54) is 0 Å². The number of benzene rings is 1. The highest BCUT2D eigenvalue weighted by Gasteiger charge is 2.22. The molecule has 0 aliphatic carbocycles. The minimum atomic E-state index is -0.0106. The quantitative estimate of drug-likeness (QED) is 0.675. The van der Waals surface area contributed by atoms with Crippen molar-refractivity contribution in [2.24, 2.45) is 0 Å². The van der Waals surface area contributed by atoms with Gasteiger partial charge in [0.1, 0.15) is 5.82 Å². The van der Waals surface area contributed by atoms with Crippen molar-refractivity contribution in [1.29, 1.82) is 0 Å². The number of aryl methyl sites for hydroxylation is 1. The Kier molecular flexibility index (Phi) is 6.76. The summed E-state index contributed by atoms with van der Waals surface area (Å²) >= 11 is 0. The number of aromatic nitrogens is 2. The van der Waals surface area contributed by atoms with Gasteiger partial charge in [0.05, 0.1) is 14.2 Å². The van der Waals surface area contributed by atoms with E-state index >= 15 is 0 Å². The molecule has 2 aromatic rings. The topological polar surface area (TPSA) is 71.0 Å². The fourth-order valence-corrected chi connectivity index (χ4v) is 3.26. The van der Waals surface area contributed by atoms with Gasteiger partial charge in [0, 0.05) is 58.1 Å². The SMILES string of the molecule is COc1ccc(/C=C/C(=O)N2CCN(c3nc(C)cc(N(C)C)n3)CC2)cc1OC. The van der Waals surface area contributed by atoms with Crippen LogP contribution in [0.5, 0.6) is 11.5 Å². The molecule has 1 aliphatic rings. The summed E-state index contributed by atoms with van der Waals surface area (Å²) in [5, 5.41) is 0. The highest BCUT2D eigenvalue weighted by atomic mass is 16.5. The third-order valence-electron chi connectivity index (χ3n) is 4.99. The van der Waals surface area contributed by atoms with Crippen molar-refractivity contribution in [3.63, 3.8) is 0 Å². The fraction of sp³-hybridized carbons (Fsp3) is 0.409. The second-order valence-corrected chi connectivity index (χ2v) is 7.32. The number of amides is 1. The third kappa shape index (κ3) is 5.00. The van der Waals surface area contributed by atoms with Crippen molar-refractivity contribution in [3.8, 4) is 11.5 Å². The lowest BCUT2D eigenvalue weighted by atomic mass is 10.2. The molecule has 0 radical (unpaired) electrons. The second-order valence-electron chi connectivity index (χ2n) is 7.32. The lowest BCUT2D eigenvalue weighted by Crippen LogP contribution is -2.49. The number of hydrogen-bond acceptors (Lipinski definition) is 7. The van der Waals surface area contributed by atoms with Crippen molar-refractivity contribution in [3.05, 3.63) is 41.6 Å². The molecule has 1 aliphatic heterocycles. The summed E-state index contributed by atoms with van der Waals surface area (Å²) < 4.78 is 10.6. The van der Waals surface area contributed by atoms with E-state index in [0.29, 0.717) is 43.6 Å². The van der Waals surface area contributed by atoms with Crippen molar-refractivity contribution < 1.29 is 14.3 Å². The molecule has 0 saturated carbocycles. The molecule has 1 aromatic heterocycles. The summed E-state index contributed by atoms with van der Waals surface area (Å²) in [5.74, 6) is 2.88. The molecular formula is C22H29N5O3. The fourth-order valence-electron chi connectivity index (χ4n) is 3.26. The minimum Gasteiger partial charge on any atom is -0.493 e. The normalized spacial score (nSPS) is 14.2. The van der Waals surface area contributed by atoms with Gasteiger partial charge in [-0.25, -0.2) is 4.98 Å². The van der Waals surface area contributed by atoms with Crippen LogP contribution in [0.25, 0.3) is 6.08 Å². The maximum atomic E-state index is 12.6. The summed E-state index contributed by atoms with van der Waals surface area (Å²) in [4.78, 5) is 27.8. The van der Waals surface area contributed by atoms with E-state index in [4.69, 9.17) is 9.47 Å². The Hall–Kier alpha value is -3.29. The zero-order chi connectivity index (χ0) is 21.7. The molecule has 8 heteroatoms. The zero-order valence-corrected chi connectivity index (χ0v) is 18.3. The Morgan fingerprint density at radius 1 is 1.03 bits per heavy atom. The molecule has 1 aromatic carbocycles. The molecule has 8 nitrogen and oxygen atoms in total. The molecule has 1 fully saturated rings. The van der Waals surface area contributed by atoms with E-state index in [1.807, 2.05) is 55.1 Å². The van der Waals surface area contributed by atoms with Gasteiger partial charge in [-0.2, -0.15) is 4.98 Å². The first kappa shape index (κ1) is 21.4. The smallest absolute Gasteiger partial charge is 0.246 e. The average molecular weight is 412 g/mol. The van der Waals surface area contributed by atoms with Crippen LogP contribution >= 0.6 is 0 Å². The minimum absolute atomic E-state index is 0.0106. The number of ether oxygens (including phenoxy) is 2. The van der Waals surface area contributed by atoms with E-state index < -0.39 is 0 Å². The second kappa shape index (κ2) is 9.47. The molecular weight excluding hydrogens is 382 g/mol. The summed E-state index contributed by atoms with van der Waals surface area (Å²) in [7, 11) is 7.12. The highest BCUT2D eigenvalue weighted by molar-refractivity contribution is 5.92. The Bertz CT molecular complexity index is 921. The number of nitrogens with zero attached hydrogens (tertiary/aromatic N) is 5. The monoisotopic (exact) mass is 411 g/mol. The number of methoxy groups -OCH3 is 2. The van der Waals surface area contributed by atoms with Gasteiger partial charge < -0.3 is 24.2 Å². The van der Waals surface area contributed by atoms with Crippen LogP contribution in [0.1, 0.15) is 11.3 Å². The van der Waals surface area contributed by atoms with Gasteiger partial charge in [0.2, 0.25) is 11.9 Å². The summed E-state index contributed by atoms with van der Waals surface area (Å²) in [6, 6.07) is 7.52. The number of carbonyl (C=O) groups is 1. The average Bonchev–Trinajstić information content (AvgIpc) is 2.76. The maximum Gasteiger partial charge on any atom is 0.246 e. The summed E-state index contributed by atoms with van der Waals surface area (Å²) in [6.07, 6.45) is 3.40. The molecule has 1 amide bonds. The van der Waals surface area contributed by atoms with Crippen molar-refractivity contribution in [2.45, 2.75) is 6.92 Å². The predicted octanol–water partition coefficient (Wildman–Crippen LogP) is 2.23. The summed E-state index contributed by atoms with van der Waals surface area (Å²) in [5.41, 5.74) is 1.81. The molecule has 0 spiro atoms. The maximum absolute atomic E-state index is 12.6. The number of piperazine rings is 1. The van der Waals surface area contributed by atoms with Gasteiger partial charge in [0.25, 0.3) is 0 Å². The Balaban J connectivity index is 1.61. The first-order valence-electron chi connectivity index (χ1n) is 9.88. The molecule has 0 unspecified atom stereocenters. The predicted molar refractivity (Wildman–Crippen MR) is 118 cm³/mol. The van der Waals surface area contributed by atoms with Crippen LogP contribution in [-0.2, 0) is 4.79 Å². The lowest BCUT2D eigenvalue weighted by Gasteiger charge is -2.34. The van der Waals surface area contributed by atoms with Gasteiger partial charge >= 0.3 is 0 Å². The van der Waals surface area contributed by atoms with Crippen molar-refractivity contribution in [2.75, 3.05) is 64.3 Å². The number of anilines is 2. The van der Waals surface area contributed by atoms with Crippen LogP contribution in [0, 0.1) is 6.92 Å². The highest BCUT2D eigenvalue weighted by Crippen LogP contribution is 2.28. The first-order chi connectivity index (χ1) is 14.4. The van der Waals surface area contributed by atoms with Gasteiger partial charge in [-0.1, -0.05) is 6.07 Å². The molecule has 0 atom stereocenters. The largest absolute Gasteiger partial charge is 0.493 e. The molecule has 1 saturated heterocycles. The van der Waals surface area contributed by atoms with Crippen LogP contribution in [0.2, 0.25) is 0 Å². The van der Waals surface area contributed by atoms with Gasteiger partial charge in [-0.15, -0.1) is 0 Å². The lowest BCUT2D eigenvalue weighted by molar-refractivity contribution is -0.126. The van der Waals surface area contributed by atoms with Gasteiger partial charge in [0.15, 0.2) is 11.5 Å². The Morgan fingerprint density at radius 3 is 2.37 bits per heavy atom. The van der Waals surface area contributed by atoms with E-state index in [9.17, 15) is 4.79 Å². The van der Waals surface area contributed by atoms with Crippen LogP contribution in [-0.4, -0.2) is 75.3 Å². The molecule has 2 heterocycles. The Morgan fingerprint density at radius 2 is 1.73 bits per heavy atom. The van der Waals surface area contributed by atoms with E-state index in [0.717, 1.165) is 17.1 Å². The third-order valence-corrected chi connectivity index (χ3v) is 4.99. The number of carbonyl (C=O) groups excluding carboxylic acids is 1. The van der Waals surface area contributed by atoms with Crippen LogP contribution in [0.3, 0.4) is 0 Å². The standard InChI is InChI=1S/C22H29N5O3/c1-16-14-20(25(2)3)24-22(23-16)27-12-10-26(11-13-27)21(28)9-7-17-6-8-18(29-4)19(15-17)30-5/h6-9,14-15H,10-13H2,1-5H3/b9-7+. The zero-order valence-electron chi connectivity index (χ0n) is 18.3. The van der Waals surface area contributed by atoms with E-state index in [1.54, 1.807) is 26.4 Å². The summed E-state index contributed by atoms with van der Waals surface area (Å²) in [6.45, 7) is 4.63. The number of hydrogen-bond donors (Lipinski definition) is 0. The van der Waals surface area contributed by atoms with Gasteiger partial charge in [-0.05, 0) is 30.7 Å².